The number of rotatable bonds is 3. The van der Waals surface area contributed by atoms with Gasteiger partial charge in [-0.15, -0.1) is 11.3 Å². The fourth-order valence-corrected chi connectivity index (χ4v) is 2.48. The second-order valence-corrected chi connectivity index (χ2v) is 5.08. The molecule has 0 bridgehead atoms. The van der Waals surface area contributed by atoms with Crippen LogP contribution in [0.1, 0.15) is 21.6 Å². The third-order valence-corrected chi connectivity index (χ3v) is 3.55. The highest BCUT2D eigenvalue weighted by molar-refractivity contribution is 7.10. The van der Waals surface area contributed by atoms with Gasteiger partial charge >= 0.3 is 0 Å². The van der Waals surface area contributed by atoms with Gasteiger partial charge in [0.05, 0.1) is 5.56 Å². The molecule has 1 N–H and O–H groups in total. The largest absolute Gasteiger partial charge is 0.380 e. The molecule has 0 saturated heterocycles. The van der Waals surface area contributed by atoms with Gasteiger partial charge in [0.2, 0.25) is 0 Å². The SMILES string of the molecule is Cc1ccc(NCc2cc(C#N)cs2)c(C)c1. The highest BCUT2D eigenvalue weighted by atomic mass is 32.1. The second kappa shape index (κ2) is 5.03. The molecule has 0 aliphatic rings. The molecule has 1 aromatic carbocycles. The Kier molecular flexibility index (Phi) is 3.46. The van der Waals surface area contributed by atoms with Crippen LogP contribution >= 0.6 is 11.3 Å². The Hall–Kier alpha value is -1.79. The van der Waals surface area contributed by atoms with Gasteiger partial charge < -0.3 is 5.32 Å². The maximum atomic E-state index is 8.75. The van der Waals surface area contributed by atoms with E-state index < -0.39 is 0 Å². The molecular formula is C14H14N2S. The molecule has 0 aliphatic carbocycles. The van der Waals surface area contributed by atoms with Gasteiger partial charge in [0.1, 0.15) is 6.07 Å². The Labute approximate surface area is 106 Å². The number of anilines is 1. The number of nitrogens with one attached hydrogen (secondary N) is 1. The zero-order valence-electron chi connectivity index (χ0n) is 9.95. The van der Waals surface area contributed by atoms with E-state index in [2.05, 4.69) is 43.4 Å². The van der Waals surface area contributed by atoms with Crippen LogP contribution in [0.4, 0.5) is 5.69 Å². The molecule has 2 nitrogen and oxygen atoms in total. The van der Waals surface area contributed by atoms with Crippen molar-refractivity contribution in [2.24, 2.45) is 0 Å². The average molecular weight is 242 g/mol. The zero-order valence-corrected chi connectivity index (χ0v) is 10.8. The van der Waals surface area contributed by atoms with Gasteiger partial charge in [0, 0.05) is 22.5 Å². The first kappa shape index (κ1) is 11.7. The van der Waals surface area contributed by atoms with Gasteiger partial charge in [-0.1, -0.05) is 17.7 Å². The fourth-order valence-electron chi connectivity index (χ4n) is 1.73. The zero-order chi connectivity index (χ0) is 12.3. The summed E-state index contributed by atoms with van der Waals surface area (Å²) in [4.78, 5) is 1.18. The van der Waals surface area contributed by atoms with Crippen molar-refractivity contribution in [3.8, 4) is 6.07 Å². The van der Waals surface area contributed by atoms with Crippen LogP contribution in [0.5, 0.6) is 0 Å². The first-order valence-electron chi connectivity index (χ1n) is 5.47. The fraction of sp³-hybridized carbons (Fsp3) is 0.214. The van der Waals surface area contributed by atoms with E-state index in [9.17, 15) is 0 Å². The molecule has 1 heterocycles. The van der Waals surface area contributed by atoms with Crippen molar-refractivity contribution in [3.63, 3.8) is 0 Å². The van der Waals surface area contributed by atoms with Crippen LogP contribution in [0.2, 0.25) is 0 Å². The Bertz CT molecular complexity index is 564. The number of hydrogen-bond acceptors (Lipinski definition) is 3. The molecule has 0 aliphatic heterocycles. The molecule has 2 rings (SSSR count). The van der Waals surface area contributed by atoms with Gasteiger partial charge in [-0.05, 0) is 31.5 Å². The Morgan fingerprint density at radius 3 is 2.76 bits per heavy atom. The van der Waals surface area contributed by atoms with Crippen LogP contribution in [0.3, 0.4) is 0 Å². The number of hydrogen-bond donors (Lipinski definition) is 1. The molecular weight excluding hydrogens is 228 g/mol. The van der Waals surface area contributed by atoms with Crippen molar-refractivity contribution < 1.29 is 0 Å². The van der Waals surface area contributed by atoms with Crippen LogP contribution in [0.15, 0.2) is 29.6 Å². The van der Waals surface area contributed by atoms with Crippen LogP contribution in [-0.2, 0) is 6.54 Å². The predicted octanol–water partition coefficient (Wildman–Crippen LogP) is 3.85. The number of benzene rings is 1. The summed E-state index contributed by atoms with van der Waals surface area (Å²) in [5.41, 5.74) is 4.42. The molecule has 86 valence electrons. The minimum atomic E-state index is 0.743. The Balaban J connectivity index is 2.05. The molecule has 0 radical (unpaired) electrons. The summed E-state index contributed by atoms with van der Waals surface area (Å²) in [5.74, 6) is 0. The summed E-state index contributed by atoms with van der Waals surface area (Å²) in [6.45, 7) is 4.97. The lowest BCUT2D eigenvalue weighted by Crippen LogP contribution is -1.99. The lowest BCUT2D eigenvalue weighted by atomic mass is 10.1. The third-order valence-electron chi connectivity index (χ3n) is 2.62. The van der Waals surface area contributed by atoms with Gasteiger partial charge in [-0.3, -0.25) is 0 Å². The minimum absolute atomic E-state index is 0.743. The first-order chi connectivity index (χ1) is 8.19. The second-order valence-electron chi connectivity index (χ2n) is 4.09. The predicted molar refractivity (Wildman–Crippen MR) is 72.3 cm³/mol. The smallest absolute Gasteiger partial charge is 0.100 e. The van der Waals surface area contributed by atoms with Gasteiger partial charge in [0.15, 0.2) is 0 Å². The molecule has 0 amide bonds. The van der Waals surface area contributed by atoms with Crippen molar-refractivity contribution >= 4 is 17.0 Å². The summed E-state index contributed by atoms with van der Waals surface area (Å²) in [7, 11) is 0. The summed E-state index contributed by atoms with van der Waals surface area (Å²) < 4.78 is 0. The molecule has 2 aromatic rings. The Morgan fingerprint density at radius 1 is 1.29 bits per heavy atom. The molecule has 0 unspecified atom stereocenters. The first-order valence-corrected chi connectivity index (χ1v) is 6.35. The molecule has 0 saturated carbocycles. The van der Waals surface area contributed by atoms with E-state index >= 15 is 0 Å². The molecule has 17 heavy (non-hydrogen) atoms. The maximum Gasteiger partial charge on any atom is 0.100 e. The number of thiophene rings is 1. The van der Waals surface area contributed by atoms with E-state index in [4.69, 9.17) is 5.26 Å². The summed E-state index contributed by atoms with van der Waals surface area (Å²) in [5, 5.41) is 14.0. The maximum absolute atomic E-state index is 8.75. The topological polar surface area (TPSA) is 35.8 Å². The lowest BCUT2D eigenvalue weighted by Gasteiger charge is -2.08. The molecule has 0 spiro atoms. The van der Waals surface area contributed by atoms with E-state index in [1.54, 1.807) is 11.3 Å². The highest BCUT2D eigenvalue weighted by Crippen LogP contribution is 2.19. The quantitative estimate of drug-likeness (QED) is 0.887. The van der Waals surface area contributed by atoms with E-state index in [1.807, 2.05) is 11.4 Å². The Morgan fingerprint density at radius 2 is 2.12 bits per heavy atom. The van der Waals surface area contributed by atoms with Gasteiger partial charge in [-0.2, -0.15) is 5.26 Å². The van der Waals surface area contributed by atoms with Crippen molar-refractivity contribution in [2.45, 2.75) is 20.4 Å². The summed E-state index contributed by atoms with van der Waals surface area (Å²) in [6.07, 6.45) is 0. The standard InChI is InChI=1S/C14H14N2S/c1-10-3-4-14(11(2)5-10)16-8-13-6-12(7-15)9-17-13/h3-6,9,16H,8H2,1-2H3. The van der Waals surface area contributed by atoms with Crippen molar-refractivity contribution in [3.05, 3.63) is 51.2 Å². The van der Waals surface area contributed by atoms with Crippen molar-refractivity contribution in [1.29, 1.82) is 5.26 Å². The van der Waals surface area contributed by atoms with Gasteiger partial charge in [0.25, 0.3) is 0 Å². The van der Waals surface area contributed by atoms with Crippen LogP contribution < -0.4 is 5.32 Å². The number of nitriles is 1. The van der Waals surface area contributed by atoms with E-state index in [1.165, 1.54) is 16.0 Å². The van der Waals surface area contributed by atoms with E-state index in [-0.39, 0.29) is 0 Å². The molecule has 1 aromatic heterocycles. The third kappa shape index (κ3) is 2.86. The van der Waals surface area contributed by atoms with E-state index in [0.29, 0.717) is 0 Å². The van der Waals surface area contributed by atoms with Crippen molar-refractivity contribution in [1.82, 2.24) is 0 Å². The normalized spacial score (nSPS) is 9.94. The van der Waals surface area contributed by atoms with Crippen LogP contribution in [-0.4, -0.2) is 0 Å². The summed E-state index contributed by atoms with van der Waals surface area (Å²) in [6, 6.07) is 10.4. The minimum Gasteiger partial charge on any atom is -0.380 e. The highest BCUT2D eigenvalue weighted by Gasteiger charge is 2.01. The van der Waals surface area contributed by atoms with Gasteiger partial charge in [-0.25, -0.2) is 0 Å². The lowest BCUT2D eigenvalue weighted by molar-refractivity contribution is 1.17. The molecule has 3 heteroatoms. The molecule has 0 fully saturated rings. The molecule has 0 atom stereocenters. The van der Waals surface area contributed by atoms with E-state index in [0.717, 1.165) is 17.8 Å². The van der Waals surface area contributed by atoms with Crippen LogP contribution in [0.25, 0.3) is 0 Å². The summed E-state index contributed by atoms with van der Waals surface area (Å²) >= 11 is 1.62. The number of nitrogens with zero attached hydrogens (tertiary/aromatic N) is 1. The van der Waals surface area contributed by atoms with Crippen molar-refractivity contribution in [2.75, 3.05) is 5.32 Å². The monoisotopic (exact) mass is 242 g/mol. The number of aryl methyl sites for hydroxylation is 2. The van der Waals surface area contributed by atoms with Crippen LogP contribution in [0, 0.1) is 25.2 Å². The average Bonchev–Trinajstić information content (AvgIpc) is 2.76.